The molecular formula is C26H46N2O8. The van der Waals surface area contributed by atoms with E-state index in [4.69, 9.17) is 18.9 Å². The molecule has 10 nitrogen and oxygen atoms in total. The highest BCUT2D eigenvalue weighted by molar-refractivity contribution is 5.83. The largest absolute Gasteiger partial charge is 0.458 e. The van der Waals surface area contributed by atoms with Gasteiger partial charge in [-0.15, -0.1) is 0 Å². The van der Waals surface area contributed by atoms with Crippen molar-refractivity contribution in [2.45, 2.75) is 117 Å². The first-order valence-corrected chi connectivity index (χ1v) is 12.6. The third-order valence-electron chi connectivity index (χ3n) is 5.37. The van der Waals surface area contributed by atoms with Crippen molar-refractivity contribution in [3.63, 3.8) is 0 Å². The van der Waals surface area contributed by atoms with E-state index in [1.165, 1.54) is 11.8 Å². The van der Waals surface area contributed by atoms with Gasteiger partial charge >= 0.3 is 12.1 Å². The third kappa shape index (κ3) is 10.1. The number of esters is 1. The number of amides is 2. The smallest absolute Gasteiger partial charge is 0.411 e. The second-order valence-electron chi connectivity index (χ2n) is 11.0. The Kier molecular flexibility index (Phi) is 11.9. The van der Waals surface area contributed by atoms with E-state index in [-0.39, 0.29) is 18.9 Å². The molecule has 1 fully saturated rings. The Balaban J connectivity index is 3.51. The minimum absolute atomic E-state index is 0.162. The van der Waals surface area contributed by atoms with Crippen molar-refractivity contribution >= 4 is 18.0 Å². The van der Waals surface area contributed by atoms with Crippen LogP contribution in [0.2, 0.25) is 0 Å². The number of hydrogen-bond donors (Lipinski definition) is 2. The summed E-state index contributed by atoms with van der Waals surface area (Å²) in [4.78, 5) is 40.2. The van der Waals surface area contributed by atoms with Gasteiger partial charge in [-0.05, 0) is 68.7 Å². The normalized spacial score (nSPS) is 23.3. The fourth-order valence-corrected chi connectivity index (χ4v) is 4.21. The number of carbonyl (C=O) groups is 3. The van der Waals surface area contributed by atoms with Crippen LogP contribution in [0, 0.1) is 5.92 Å². The molecule has 1 aliphatic rings. The van der Waals surface area contributed by atoms with Crippen molar-refractivity contribution in [1.82, 2.24) is 10.2 Å². The molecule has 1 rings (SSSR count). The van der Waals surface area contributed by atoms with Gasteiger partial charge in [0.2, 0.25) is 5.91 Å². The summed E-state index contributed by atoms with van der Waals surface area (Å²) < 4.78 is 22.3. The lowest BCUT2D eigenvalue weighted by Crippen LogP contribution is -2.61. The molecule has 0 radical (unpaired) electrons. The first-order chi connectivity index (χ1) is 16.5. The Labute approximate surface area is 215 Å². The summed E-state index contributed by atoms with van der Waals surface area (Å²) in [6, 6.07) is -2.74. The topological polar surface area (TPSA) is 124 Å². The van der Waals surface area contributed by atoms with Crippen LogP contribution in [0.3, 0.4) is 0 Å². The maximum absolute atomic E-state index is 13.5. The number of nitrogens with one attached hydrogen (secondary N) is 1. The Hall–Kier alpha value is -2.17. The molecule has 0 aromatic carbocycles. The van der Waals surface area contributed by atoms with Gasteiger partial charge in [0.05, 0.1) is 24.8 Å². The fourth-order valence-electron chi connectivity index (χ4n) is 4.21. The standard InChI is InChI=1S/C26H46N2O8/c1-11-13-18-14-19(23(31)35-25(5,6)7)28(24(32)36-26(8,9)10)22(18)21(27-16(3)29)20(30)15-34-17(4)33-12-2/h11,13,17-22,30H,12,14-15H2,1-10H3,(H,27,29)/b13-11-/t17?,18-,19-,20-,21+,22-/m1/s1. The Morgan fingerprint density at radius 1 is 1.08 bits per heavy atom. The van der Waals surface area contributed by atoms with E-state index in [2.05, 4.69) is 5.32 Å². The molecule has 0 aromatic heterocycles. The van der Waals surface area contributed by atoms with Crippen LogP contribution in [-0.4, -0.2) is 82.9 Å². The molecule has 208 valence electrons. The lowest BCUT2D eigenvalue weighted by atomic mass is 9.90. The monoisotopic (exact) mass is 514 g/mol. The average Bonchev–Trinajstić information content (AvgIpc) is 3.07. The molecule has 2 amide bonds. The number of hydrogen-bond acceptors (Lipinski definition) is 8. The molecule has 10 heteroatoms. The Bertz CT molecular complexity index is 771. The van der Waals surface area contributed by atoms with Gasteiger partial charge in [-0.3, -0.25) is 9.69 Å². The highest BCUT2D eigenvalue weighted by Crippen LogP contribution is 2.37. The van der Waals surface area contributed by atoms with Crippen LogP contribution >= 0.6 is 0 Å². The minimum Gasteiger partial charge on any atom is -0.458 e. The summed E-state index contributed by atoms with van der Waals surface area (Å²) >= 11 is 0. The molecule has 0 bridgehead atoms. The van der Waals surface area contributed by atoms with Gasteiger partial charge in [0.25, 0.3) is 0 Å². The predicted octanol–water partition coefficient (Wildman–Crippen LogP) is 3.16. The zero-order valence-electron chi connectivity index (χ0n) is 23.5. The second kappa shape index (κ2) is 13.4. The van der Waals surface area contributed by atoms with Crippen LogP contribution in [0.15, 0.2) is 12.2 Å². The molecule has 0 aromatic rings. The van der Waals surface area contributed by atoms with Crippen molar-refractivity contribution in [2.75, 3.05) is 13.2 Å². The second-order valence-corrected chi connectivity index (χ2v) is 11.0. The van der Waals surface area contributed by atoms with Crippen LogP contribution in [0.25, 0.3) is 0 Å². The molecule has 0 aliphatic carbocycles. The highest BCUT2D eigenvalue weighted by atomic mass is 16.7. The molecule has 0 spiro atoms. The Morgan fingerprint density at radius 2 is 1.67 bits per heavy atom. The first-order valence-electron chi connectivity index (χ1n) is 12.6. The van der Waals surface area contributed by atoms with E-state index in [9.17, 15) is 19.5 Å². The summed E-state index contributed by atoms with van der Waals surface area (Å²) in [5, 5.41) is 13.9. The van der Waals surface area contributed by atoms with Crippen LogP contribution in [0.4, 0.5) is 4.79 Å². The van der Waals surface area contributed by atoms with Crippen LogP contribution < -0.4 is 5.32 Å². The van der Waals surface area contributed by atoms with Gasteiger partial charge < -0.3 is 29.4 Å². The number of rotatable bonds is 10. The lowest BCUT2D eigenvalue weighted by Gasteiger charge is -2.39. The number of likely N-dealkylation sites (tertiary alicyclic amines) is 1. The molecule has 1 saturated heterocycles. The van der Waals surface area contributed by atoms with Gasteiger partial charge in [0, 0.05) is 19.4 Å². The molecule has 1 unspecified atom stereocenters. The number of nitrogens with zero attached hydrogens (tertiary/aromatic N) is 1. The van der Waals surface area contributed by atoms with Crippen LogP contribution in [0.5, 0.6) is 0 Å². The van der Waals surface area contributed by atoms with Gasteiger partial charge in [-0.2, -0.15) is 0 Å². The number of carbonyl (C=O) groups excluding carboxylic acids is 3. The van der Waals surface area contributed by atoms with Crippen molar-refractivity contribution in [2.24, 2.45) is 5.92 Å². The van der Waals surface area contributed by atoms with Gasteiger partial charge in [0.15, 0.2) is 6.29 Å². The summed E-state index contributed by atoms with van der Waals surface area (Å²) in [5.74, 6) is -1.36. The lowest BCUT2D eigenvalue weighted by molar-refractivity contribution is -0.161. The van der Waals surface area contributed by atoms with E-state index in [0.29, 0.717) is 6.61 Å². The number of allylic oxidation sites excluding steroid dienone is 1. The predicted molar refractivity (Wildman–Crippen MR) is 135 cm³/mol. The Morgan fingerprint density at radius 3 is 2.14 bits per heavy atom. The number of aliphatic hydroxyl groups is 1. The van der Waals surface area contributed by atoms with Gasteiger partial charge in [0.1, 0.15) is 17.2 Å². The van der Waals surface area contributed by atoms with Crippen LogP contribution in [0.1, 0.15) is 75.7 Å². The molecule has 36 heavy (non-hydrogen) atoms. The summed E-state index contributed by atoms with van der Waals surface area (Å²) in [6.07, 6.45) is 1.39. The SMILES string of the molecule is C/C=C\[C@@H]1C[C@H](C(=O)OC(C)(C)C)N(C(=O)OC(C)(C)C)[C@H]1[C@@H](NC(C)=O)[C@H](O)COC(C)OCC. The van der Waals surface area contributed by atoms with E-state index in [1.54, 1.807) is 48.5 Å². The van der Waals surface area contributed by atoms with Crippen molar-refractivity contribution in [3.8, 4) is 0 Å². The third-order valence-corrected chi connectivity index (χ3v) is 5.37. The molecule has 6 atom stereocenters. The maximum atomic E-state index is 13.5. The summed E-state index contributed by atoms with van der Waals surface area (Å²) in [5.41, 5.74) is -1.61. The highest BCUT2D eigenvalue weighted by Gasteiger charge is 2.53. The minimum atomic E-state index is -1.21. The van der Waals surface area contributed by atoms with E-state index in [0.717, 1.165) is 0 Å². The van der Waals surface area contributed by atoms with E-state index < -0.39 is 59.7 Å². The average molecular weight is 515 g/mol. The number of ether oxygens (including phenoxy) is 4. The van der Waals surface area contributed by atoms with Crippen LogP contribution in [-0.2, 0) is 28.5 Å². The quantitative estimate of drug-likeness (QED) is 0.259. The number of aliphatic hydroxyl groups excluding tert-OH is 1. The van der Waals surface area contributed by atoms with E-state index >= 15 is 0 Å². The zero-order valence-corrected chi connectivity index (χ0v) is 23.5. The molecule has 1 heterocycles. The van der Waals surface area contributed by atoms with Gasteiger partial charge in [-0.25, -0.2) is 9.59 Å². The zero-order chi connectivity index (χ0) is 27.8. The van der Waals surface area contributed by atoms with Crippen molar-refractivity contribution < 1.29 is 38.4 Å². The molecule has 0 saturated carbocycles. The van der Waals surface area contributed by atoms with Crippen molar-refractivity contribution in [3.05, 3.63) is 12.2 Å². The summed E-state index contributed by atoms with van der Waals surface area (Å²) in [6.45, 7) is 17.4. The first kappa shape index (κ1) is 31.9. The summed E-state index contributed by atoms with van der Waals surface area (Å²) in [7, 11) is 0. The molecule has 2 N–H and O–H groups in total. The maximum Gasteiger partial charge on any atom is 0.411 e. The van der Waals surface area contributed by atoms with Gasteiger partial charge in [-0.1, -0.05) is 12.2 Å². The fraction of sp³-hybridized carbons (Fsp3) is 0.808. The van der Waals surface area contributed by atoms with Crippen molar-refractivity contribution in [1.29, 1.82) is 0 Å². The van der Waals surface area contributed by atoms with E-state index in [1.807, 2.05) is 26.0 Å². The molecular weight excluding hydrogens is 468 g/mol. The molecule has 1 aliphatic heterocycles.